The van der Waals surface area contributed by atoms with E-state index in [0.717, 1.165) is 0 Å². The number of amides is 1. The van der Waals surface area contributed by atoms with Gasteiger partial charge in [-0.3, -0.25) is 10.2 Å². The van der Waals surface area contributed by atoms with E-state index in [2.05, 4.69) is 10.4 Å². The normalized spacial score (nSPS) is 14.9. The zero-order chi connectivity index (χ0) is 19.6. The van der Waals surface area contributed by atoms with Crippen molar-refractivity contribution in [3.63, 3.8) is 0 Å². The summed E-state index contributed by atoms with van der Waals surface area (Å²) in [4.78, 5) is 31.3. The van der Waals surface area contributed by atoms with Crippen molar-refractivity contribution >= 4 is 49.7 Å². The highest BCUT2D eigenvalue weighted by Gasteiger charge is 2.23. The van der Waals surface area contributed by atoms with Gasteiger partial charge in [0.1, 0.15) is 14.8 Å². The molecule has 3 N–H and O–H groups in total. The SMILES string of the molecule is Cc1cc(S(=O)(=O)NNC(=O)c2csc(N3CCOCC3)n2)sc1C(=O)O. The number of aromatic nitrogens is 1. The van der Waals surface area contributed by atoms with Crippen LogP contribution in [-0.4, -0.2) is 56.7 Å². The molecule has 0 bridgehead atoms. The zero-order valence-corrected chi connectivity index (χ0v) is 16.5. The average molecular weight is 433 g/mol. The van der Waals surface area contributed by atoms with Crippen molar-refractivity contribution in [1.29, 1.82) is 0 Å². The smallest absolute Gasteiger partial charge is 0.346 e. The molecule has 1 saturated heterocycles. The Kier molecular flexibility index (Phi) is 5.76. The number of hydrogen-bond donors (Lipinski definition) is 3. The van der Waals surface area contributed by atoms with Gasteiger partial charge in [0, 0.05) is 18.5 Å². The Morgan fingerprint density at radius 1 is 1.33 bits per heavy atom. The molecule has 0 unspecified atom stereocenters. The molecule has 146 valence electrons. The molecule has 2 aromatic rings. The number of morpholine rings is 1. The Morgan fingerprint density at radius 2 is 2.04 bits per heavy atom. The number of carboxylic acid groups (broad SMARTS) is 1. The van der Waals surface area contributed by atoms with E-state index in [-0.39, 0.29) is 14.8 Å². The summed E-state index contributed by atoms with van der Waals surface area (Å²) in [5.74, 6) is -1.91. The lowest BCUT2D eigenvalue weighted by molar-refractivity contribution is 0.0701. The summed E-state index contributed by atoms with van der Waals surface area (Å²) in [6.07, 6.45) is 0. The van der Waals surface area contributed by atoms with Crippen molar-refractivity contribution in [3.05, 3.63) is 27.6 Å². The average Bonchev–Trinajstić information content (AvgIpc) is 3.28. The second-order valence-corrected chi connectivity index (χ2v) is 9.36. The number of aryl methyl sites for hydroxylation is 1. The summed E-state index contributed by atoms with van der Waals surface area (Å²) in [6.45, 7) is 4.01. The number of carbonyl (C=O) groups is 2. The van der Waals surface area contributed by atoms with E-state index in [9.17, 15) is 18.0 Å². The Balaban J connectivity index is 1.65. The van der Waals surface area contributed by atoms with Gasteiger partial charge >= 0.3 is 5.97 Å². The molecule has 13 heteroatoms. The highest BCUT2D eigenvalue weighted by molar-refractivity contribution is 7.91. The third-order valence-electron chi connectivity index (χ3n) is 3.66. The van der Waals surface area contributed by atoms with Crippen molar-refractivity contribution in [3.8, 4) is 0 Å². The third-order valence-corrected chi connectivity index (χ3v) is 7.51. The fourth-order valence-electron chi connectivity index (χ4n) is 2.29. The largest absolute Gasteiger partial charge is 0.477 e. The second kappa shape index (κ2) is 7.90. The van der Waals surface area contributed by atoms with Crippen molar-refractivity contribution in [2.24, 2.45) is 0 Å². The van der Waals surface area contributed by atoms with Gasteiger partial charge in [-0.2, -0.15) is 0 Å². The lowest BCUT2D eigenvalue weighted by Crippen LogP contribution is -2.41. The summed E-state index contributed by atoms with van der Waals surface area (Å²) in [7, 11) is -4.09. The standard InChI is InChI=1S/C14H16N4O6S3/c1-8-6-10(26-11(8)13(20)21)27(22,23)17-16-12(19)9-7-25-14(15-9)18-2-4-24-5-3-18/h6-7,17H,2-5H2,1H3,(H,16,19)(H,20,21). The molecule has 0 aromatic carbocycles. The Bertz CT molecular complexity index is 961. The van der Waals surface area contributed by atoms with Crippen LogP contribution in [0.5, 0.6) is 0 Å². The van der Waals surface area contributed by atoms with E-state index in [0.29, 0.717) is 48.3 Å². The summed E-state index contributed by atoms with van der Waals surface area (Å²) in [5, 5.41) is 11.2. The number of rotatable bonds is 6. The van der Waals surface area contributed by atoms with Crippen LogP contribution in [0.25, 0.3) is 0 Å². The van der Waals surface area contributed by atoms with Crippen LogP contribution in [0.4, 0.5) is 5.13 Å². The fourth-order valence-corrected chi connectivity index (χ4v) is 5.37. The summed E-state index contributed by atoms with van der Waals surface area (Å²) < 4.78 is 29.6. The third kappa shape index (κ3) is 4.44. The highest BCUT2D eigenvalue weighted by atomic mass is 32.2. The maximum atomic E-state index is 12.3. The molecule has 27 heavy (non-hydrogen) atoms. The first kappa shape index (κ1) is 19.7. The van der Waals surface area contributed by atoms with E-state index in [1.54, 1.807) is 0 Å². The van der Waals surface area contributed by atoms with Crippen molar-refractivity contribution < 1.29 is 27.9 Å². The zero-order valence-electron chi connectivity index (χ0n) is 14.1. The van der Waals surface area contributed by atoms with E-state index < -0.39 is 21.9 Å². The van der Waals surface area contributed by atoms with Crippen LogP contribution in [0, 0.1) is 6.92 Å². The van der Waals surface area contributed by atoms with E-state index in [1.165, 1.54) is 29.7 Å². The van der Waals surface area contributed by atoms with Gasteiger partial charge in [0.15, 0.2) is 5.13 Å². The quantitative estimate of drug-likeness (QED) is 0.566. The topological polar surface area (TPSA) is 138 Å². The minimum atomic E-state index is -4.09. The number of nitrogens with one attached hydrogen (secondary N) is 2. The first-order valence-corrected chi connectivity index (χ1v) is 10.9. The van der Waals surface area contributed by atoms with Crippen molar-refractivity contribution in [1.82, 2.24) is 15.2 Å². The van der Waals surface area contributed by atoms with Crippen molar-refractivity contribution in [2.45, 2.75) is 11.1 Å². The molecule has 0 radical (unpaired) electrons. The molecule has 0 atom stereocenters. The molecule has 10 nitrogen and oxygen atoms in total. The number of thiazole rings is 1. The van der Waals surface area contributed by atoms with Crippen LogP contribution in [0.15, 0.2) is 15.7 Å². The predicted octanol–water partition coefficient (Wildman–Crippen LogP) is 0.671. The number of hydrogen-bond acceptors (Lipinski definition) is 9. The lowest BCUT2D eigenvalue weighted by Gasteiger charge is -2.25. The number of hydrazine groups is 1. The second-order valence-electron chi connectivity index (χ2n) is 5.56. The lowest BCUT2D eigenvalue weighted by atomic mass is 10.3. The van der Waals surface area contributed by atoms with Crippen molar-refractivity contribution in [2.75, 3.05) is 31.2 Å². The number of anilines is 1. The molecule has 0 saturated carbocycles. The molecule has 1 aliphatic heterocycles. The summed E-state index contributed by atoms with van der Waals surface area (Å²) in [5.41, 5.74) is 2.50. The van der Waals surface area contributed by atoms with Gasteiger partial charge < -0.3 is 14.7 Å². The molecule has 3 heterocycles. The van der Waals surface area contributed by atoms with E-state index >= 15 is 0 Å². The Hall–Kier alpha value is -2.06. The van der Waals surface area contributed by atoms with Gasteiger partial charge in [-0.15, -0.1) is 27.5 Å². The molecule has 1 aliphatic rings. The Morgan fingerprint density at radius 3 is 2.67 bits per heavy atom. The van der Waals surface area contributed by atoms with Gasteiger partial charge in [0.05, 0.1) is 13.2 Å². The van der Waals surface area contributed by atoms with Crippen LogP contribution < -0.4 is 15.2 Å². The monoisotopic (exact) mass is 432 g/mol. The first-order chi connectivity index (χ1) is 12.8. The van der Waals surface area contributed by atoms with Gasteiger partial charge in [-0.1, -0.05) is 0 Å². The molecular formula is C14H16N4O6S3. The minimum Gasteiger partial charge on any atom is -0.477 e. The van der Waals surface area contributed by atoms with Gasteiger partial charge in [-0.25, -0.2) is 18.2 Å². The molecule has 1 amide bonds. The van der Waals surface area contributed by atoms with E-state index in [4.69, 9.17) is 9.84 Å². The number of thiophene rings is 1. The Labute approximate surface area is 162 Å². The molecule has 2 aromatic heterocycles. The molecule has 0 aliphatic carbocycles. The minimum absolute atomic E-state index is 0.0728. The fraction of sp³-hybridized carbons (Fsp3) is 0.357. The maximum absolute atomic E-state index is 12.3. The van der Waals surface area contributed by atoms with Crippen LogP contribution in [0.1, 0.15) is 25.7 Å². The number of nitrogens with zero attached hydrogens (tertiary/aromatic N) is 2. The van der Waals surface area contributed by atoms with Crippen LogP contribution in [-0.2, 0) is 14.8 Å². The number of carboxylic acids is 1. The first-order valence-electron chi connectivity index (χ1n) is 7.72. The highest BCUT2D eigenvalue weighted by Crippen LogP contribution is 2.26. The van der Waals surface area contributed by atoms with Gasteiger partial charge in [0.2, 0.25) is 0 Å². The predicted molar refractivity (Wildman–Crippen MR) is 98.9 cm³/mol. The summed E-state index contributed by atoms with van der Waals surface area (Å²) in [6, 6.07) is 1.24. The van der Waals surface area contributed by atoms with Gasteiger partial charge in [0.25, 0.3) is 15.9 Å². The number of carbonyl (C=O) groups excluding carboxylic acids is 1. The van der Waals surface area contributed by atoms with E-state index in [1.807, 2.05) is 9.73 Å². The number of aromatic carboxylic acids is 1. The summed E-state index contributed by atoms with van der Waals surface area (Å²) >= 11 is 1.89. The number of ether oxygens (including phenoxy) is 1. The molecule has 1 fully saturated rings. The van der Waals surface area contributed by atoms with Crippen LogP contribution in [0.3, 0.4) is 0 Å². The van der Waals surface area contributed by atoms with Gasteiger partial charge in [-0.05, 0) is 18.6 Å². The maximum Gasteiger partial charge on any atom is 0.346 e. The molecule has 0 spiro atoms. The number of sulfonamides is 1. The van der Waals surface area contributed by atoms with Crippen LogP contribution in [0.2, 0.25) is 0 Å². The van der Waals surface area contributed by atoms with Crippen LogP contribution >= 0.6 is 22.7 Å². The molecule has 3 rings (SSSR count). The molecular weight excluding hydrogens is 416 g/mol.